The normalized spacial score (nSPS) is 13.1. The molecule has 1 aromatic rings. The Morgan fingerprint density at radius 2 is 1.28 bits per heavy atom. The Labute approximate surface area is 216 Å². The maximum absolute atomic E-state index is 12.5. The number of hydrogen-bond acceptors (Lipinski definition) is 6. The molecule has 2 atom stereocenters. The molecule has 2 unspecified atom stereocenters. The van der Waals surface area contributed by atoms with Crippen LogP contribution in [-0.4, -0.2) is 86.0 Å². The summed E-state index contributed by atoms with van der Waals surface area (Å²) in [5, 5.41) is 0. The number of esters is 2. The molecule has 7 nitrogen and oxygen atoms in total. The molecule has 0 aliphatic rings. The largest absolute Gasteiger partial charge is 2.00 e. The summed E-state index contributed by atoms with van der Waals surface area (Å²) >= 11 is 0. The summed E-state index contributed by atoms with van der Waals surface area (Å²) in [4.78, 5) is 24.4. The molecule has 0 fully saturated rings. The number of benzene rings is 1. The van der Waals surface area contributed by atoms with Crippen LogP contribution in [0.1, 0.15) is 89.8 Å². The second kappa shape index (κ2) is 13.8. The minimum absolute atomic E-state index is 0. The summed E-state index contributed by atoms with van der Waals surface area (Å²) in [5.41, 5.74) is -0.250. The van der Waals surface area contributed by atoms with Crippen molar-refractivity contribution in [3.63, 3.8) is 0 Å². The number of carbonyl (C=O) groups excluding carboxylic acids is 2. The summed E-state index contributed by atoms with van der Waals surface area (Å²) in [6, 6.07) is 3.23. The molecule has 1 rings (SSSR count). The van der Waals surface area contributed by atoms with Crippen LogP contribution >= 0.6 is 0 Å². The molecular formula is C20H32BaO7S. The van der Waals surface area contributed by atoms with Crippen molar-refractivity contribution >= 4 is 70.9 Å². The van der Waals surface area contributed by atoms with E-state index in [2.05, 4.69) is 0 Å². The zero-order valence-electron chi connectivity index (χ0n) is 19.6. The smallest absolute Gasteiger partial charge is 1.00 e. The van der Waals surface area contributed by atoms with Gasteiger partial charge >= 0.3 is 60.8 Å². The van der Waals surface area contributed by atoms with E-state index in [1.54, 1.807) is 0 Å². The van der Waals surface area contributed by atoms with Gasteiger partial charge in [0.05, 0.1) is 16.0 Å². The Morgan fingerprint density at radius 1 is 0.897 bits per heavy atom. The van der Waals surface area contributed by atoms with E-state index < -0.39 is 27.0 Å². The van der Waals surface area contributed by atoms with Crippen molar-refractivity contribution in [2.75, 3.05) is 0 Å². The fourth-order valence-electron chi connectivity index (χ4n) is 2.76. The summed E-state index contributed by atoms with van der Waals surface area (Å²) in [6.07, 6.45) is 3.60. The third-order valence-electron chi connectivity index (χ3n) is 4.36. The molecule has 29 heavy (non-hydrogen) atoms. The maximum atomic E-state index is 12.5. The molecule has 0 amide bonds. The van der Waals surface area contributed by atoms with Gasteiger partial charge < -0.3 is 12.3 Å². The van der Waals surface area contributed by atoms with Gasteiger partial charge in [-0.1, -0.05) is 40.5 Å². The summed E-state index contributed by atoms with van der Waals surface area (Å²) in [7, 11) is -4.62. The first-order chi connectivity index (χ1) is 13.2. The first-order valence-corrected chi connectivity index (χ1v) is 11.1. The third-order valence-corrected chi connectivity index (χ3v) is 5.19. The molecule has 0 aliphatic heterocycles. The zero-order chi connectivity index (χ0) is 21.3. The predicted molar refractivity (Wildman–Crippen MR) is 113 cm³/mol. The fraction of sp³-hybridized carbons (Fsp3) is 0.600. The molecule has 0 saturated heterocycles. The van der Waals surface area contributed by atoms with Crippen molar-refractivity contribution in [3.05, 3.63) is 29.3 Å². The maximum Gasteiger partial charge on any atom is 2.00 e. The van der Waals surface area contributed by atoms with E-state index in [0.29, 0.717) is 25.7 Å². The first kappa shape index (κ1) is 28.6. The topological polar surface area (TPSA) is 107 Å². The standard InChI is InChI=1S/C20H30O7S.Ba.2H/c1-5-9-16(7-3)26-19(21)14-11-15(13-18(12-14)28(23,24)25)20(22)27-17(8-4)10-6-2;;;/h11-13,16-17H,5-10H2,1-4H3,(H,23,24,25);;;/q;+2;2*-1. The Balaban J connectivity index is -0.00000261. The van der Waals surface area contributed by atoms with E-state index in [4.69, 9.17) is 9.47 Å². The summed E-state index contributed by atoms with van der Waals surface area (Å²) in [6.45, 7) is 7.68. The average Bonchev–Trinajstić information content (AvgIpc) is 2.65. The molecular weight excluding hydrogens is 522 g/mol. The van der Waals surface area contributed by atoms with Crippen LogP contribution in [0.3, 0.4) is 0 Å². The van der Waals surface area contributed by atoms with E-state index in [1.165, 1.54) is 6.07 Å². The van der Waals surface area contributed by atoms with Gasteiger partial charge in [0.15, 0.2) is 0 Å². The minimum Gasteiger partial charge on any atom is -1.00 e. The van der Waals surface area contributed by atoms with E-state index in [9.17, 15) is 22.6 Å². The Bertz CT molecular complexity index is 741. The van der Waals surface area contributed by atoms with Gasteiger partial charge in [-0.3, -0.25) is 4.55 Å². The second-order valence-corrected chi connectivity index (χ2v) is 8.09. The quantitative estimate of drug-likeness (QED) is 0.248. The van der Waals surface area contributed by atoms with Crippen molar-refractivity contribution in [2.45, 2.75) is 83.3 Å². The molecule has 0 saturated carbocycles. The van der Waals surface area contributed by atoms with Gasteiger partial charge in [-0.25, -0.2) is 9.59 Å². The van der Waals surface area contributed by atoms with Gasteiger partial charge in [0.25, 0.3) is 10.1 Å². The zero-order valence-corrected chi connectivity index (χ0v) is 22.9. The number of hydrogen-bond donors (Lipinski definition) is 1. The van der Waals surface area contributed by atoms with E-state index in [0.717, 1.165) is 25.0 Å². The van der Waals surface area contributed by atoms with Crippen LogP contribution in [0.15, 0.2) is 23.1 Å². The van der Waals surface area contributed by atoms with Crippen molar-refractivity contribution in [1.29, 1.82) is 0 Å². The first-order valence-electron chi connectivity index (χ1n) is 9.70. The molecule has 0 aromatic heterocycles. The molecule has 162 valence electrons. The Morgan fingerprint density at radius 3 is 1.55 bits per heavy atom. The minimum atomic E-state index is -4.62. The van der Waals surface area contributed by atoms with Crippen LogP contribution in [0.5, 0.6) is 0 Å². The van der Waals surface area contributed by atoms with Gasteiger partial charge in [-0.15, -0.1) is 0 Å². The molecule has 1 N–H and O–H groups in total. The third kappa shape index (κ3) is 9.54. The van der Waals surface area contributed by atoms with Crippen LogP contribution < -0.4 is 0 Å². The van der Waals surface area contributed by atoms with Crippen LogP contribution in [0.2, 0.25) is 0 Å². The SMILES string of the molecule is CCCC(CC)OC(=O)c1cc(C(=O)OC(CC)CCC)cc(S(=O)(=O)O)c1.[Ba+2].[H-].[H-]. The fourth-order valence-corrected chi connectivity index (χ4v) is 3.31. The Kier molecular flexibility index (Phi) is 13.7. The van der Waals surface area contributed by atoms with Gasteiger partial charge in [0.2, 0.25) is 0 Å². The molecule has 0 spiro atoms. The predicted octanol–water partition coefficient (Wildman–Crippen LogP) is 4.25. The van der Waals surface area contributed by atoms with Crippen molar-refractivity contribution < 1.29 is 34.9 Å². The van der Waals surface area contributed by atoms with Gasteiger partial charge in [0.1, 0.15) is 12.2 Å². The van der Waals surface area contributed by atoms with Gasteiger partial charge in [-0.05, 0) is 43.9 Å². The van der Waals surface area contributed by atoms with Gasteiger partial charge in [0, 0.05) is 0 Å². The molecule has 1 aromatic carbocycles. The second-order valence-electron chi connectivity index (χ2n) is 6.67. The van der Waals surface area contributed by atoms with Crippen molar-refractivity contribution in [3.8, 4) is 0 Å². The van der Waals surface area contributed by atoms with Crippen LogP contribution in [0.4, 0.5) is 0 Å². The number of rotatable bonds is 11. The van der Waals surface area contributed by atoms with E-state index in [1.807, 2.05) is 27.7 Å². The van der Waals surface area contributed by atoms with E-state index in [-0.39, 0.29) is 75.1 Å². The number of ether oxygens (including phenoxy) is 2. The summed E-state index contributed by atoms with van der Waals surface area (Å²) < 4.78 is 43.4. The molecule has 0 aliphatic carbocycles. The average molecular weight is 554 g/mol. The monoisotopic (exact) mass is 554 g/mol. The molecule has 0 heterocycles. The van der Waals surface area contributed by atoms with Gasteiger partial charge in [-0.2, -0.15) is 8.42 Å². The van der Waals surface area contributed by atoms with Crippen LogP contribution in [-0.2, 0) is 19.6 Å². The van der Waals surface area contributed by atoms with Crippen LogP contribution in [0, 0.1) is 0 Å². The molecule has 0 radical (unpaired) electrons. The molecule has 0 bridgehead atoms. The summed E-state index contributed by atoms with van der Waals surface area (Å²) in [5.74, 6) is -1.50. The van der Waals surface area contributed by atoms with Crippen molar-refractivity contribution in [1.82, 2.24) is 0 Å². The van der Waals surface area contributed by atoms with Crippen LogP contribution in [0.25, 0.3) is 0 Å². The van der Waals surface area contributed by atoms with Crippen molar-refractivity contribution in [2.24, 2.45) is 0 Å². The molecule has 9 heteroatoms. The van der Waals surface area contributed by atoms with E-state index >= 15 is 0 Å². The number of carbonyl (C=O) groups is 2. The Hall–Kier alpha value is -0.359.